The summed E-state index contributed by atoms with van der Waals surface area (Å²) in [5.74, 6) is 1.94. The van der Waals surface area contributed by atoms with Crippen LogP contribution >= 0.6 is 0 Å². The van der Waals surface area contributed by atoms with E-state index in [1.165, 1.54) is 37.8 Å². The molecule has 19 heavy (non-hydrogen) atoms. The van der Waals surface area contributed by atoms with Crippen molar-refractivity contribution in [1.82, 2.24) is 9.97 Å². The number of nitrogens with one attached hydrogen (secondary N) is 2. The summed E-state index contributed by atoms with van der Waals surface area (Å²) in [4.78, 5) is 7.74. The maximum absolute atomic E-state index is 4.44. The zero-order valence-electron chi connectivity index (χ0n) is 11.9. The van der Waals surface area contributed by atoms with E-state index in [1.54, 1.807) is 0 Å². The third-order valence-corrected chi connectivity index (χ3v) is 4.40. The van der Waals surface area contributed by atoms with Crippen LogP contribution in [0.4, 0.5) is 5.69 Å². The summed E-state index contributed by atoms with van der Waals surface area (Å²) in [5, 5.41) is 3.68. The molecule has 0 aliphatic heterocycles. The van der Waals surface area contributed by atoms with Crippen LogP contribution in [0.3, 0.4) is 0 Å². The van der Waals surface area contributed by atoms with Crippen molar-refractivity contribution in [2.75, 3.05) is 5.32 Å². The fraction of sp³-hybridized carbons (Fsp3) is 0.562. The van der Waals surface area contributed by atoms with Gasteiger partial charge in [0.1, 0.15) is 5.82 Å². The van der Waals surface area contributed by atoms with Gasteiger partial charge in [-0.25, -0.2) is 4.98 Å². The highest BCUT2D eigenvalue weighted by molar-refractivity contribution is 5.79. The summed E-state index contributed by atoms with van der Waals surface area (Å²) in [6.07, 6.45) is 6.70. The highest BCUT2D eigenvalue weighted by atomic mass is 14.9. The number of aromatic nitrogens is 2. The van der Waals surface area contributed by atoms with Crippen molar-refractivity contribution < 1.29 is 0 Å². The molecule has 1 aromatic carbocycles. The van der Waals surface area contributed by atoms with Crippen LogP contribution in [-0.2, 0) is 0 Å². The number of nitrogens with zero attached hydrogens (tertiary/aromatic N) is 1. The van der Waals surface area contributed by atoms with Crippen LogP contribution in [0.5, 0.6) is 0 Å². The predicted octanol–water partition coefficient (Wildman–Crippen LogP) is 4.25. The van der Waals surface area contributed by atoms with Crippen molar-refractivity contribution in [1.29, 1.82) is 0 Å². The van der Waals surface area contributed by atoms with E-state index >= 15 is 0 Å². The molecule has 0 spiro atoms. The van der Waals surface area contributed by atoms with E-state index in [0.717, 1.165) is 22.8 Å². The number of rotatable bonds is 3. The zero-order valence-corrected chi connectivity index (χ0v) is 11.9. The molecule has 1 aliphatic rings. The molecule has 3 heteroatoms. The van der Waals surface area contributed by atoms with Crippen LogP contribution in [0.15, 0.2) is 18.2 Å². The lowest BCUT2D eigenvalue weighted by Gasteiger charge is -2.29. The molecular formula is C16H23N3. The maximum Gasteiger partial charge on any atom is 0.104 e. The molecular weight excluding hydrogens is 234 g/mol. The minimum atomic E-state index is 0.643. The van der Waals surface area contributed by atoms with Crippen LogP contribution in [-0.4, -0.2) is 16.0 Å². The van der Waals surface area contributed by atoms with Gasteiger partial charge >= 0.3 is 0 Å². The lowest BCUT2D eigenvalue weighted by atomic mass is 9.84. The monoisotopic (exact) mass is 257 g/mol. The van der Waals surface area contributed by atoms with Crippen LogP contribution in [0.25, 0.3) is 11.0 Å². The molecule has 0 bridgehead atoms. The smallest absolute Gasteiger partial charge is 0.104 e. The molecule has 2 N–H and O–H groups in total. The predicted molar refractivity (Wildman–Crippen MR) is 80.5 cm³/mol. The molecule has 3 nitrogen and oxygen atoms in total. The number of benzene rings is 1. The van der Waals surface area contributed by atoms with E-state index in [9.17, 15) is 0 Å². The number of aryl methyl sites for hydroxylation is 1. The van der Waals surface area contributed by atoms with Crippen molar-refractivity contribution in [3.8, 4) is 0 Å². The quantitative estimate of drug-likeness (QED) is 0.863. The van der Waals surface area contributed by atoms with Crippen LogP contribution in [0.2, 0.25) is 0 Å². The van der Waals surface area contributed by atoms with Crippen LogP contribution in [0.1, 0.15) is 44.9 Å². The Morgan fingerprint density at radius 2 is 2.05 bits per heavy atom. The summed E-state index contributed by atoms with van der Waals surface area (Å²) < 4.78 is 0. The van der Waals surface area contributed by atoms with E-state index in [-0.39, 0.29) is 0 Å². The first-order valence-electron chi connectivity index (χ1n) is 7.47. The Morgan fingerprint density at radius 3 is 2.79 bits per heavy atom. The minimum absolute atomic E-state index is 0.643. The summed E-state index contributed by atoms with van der Waals surface area (Å²) in [6, 6.07) is 7.07. The first-order valence-corrected chi connectivity index (χ1v) is 7.47. The Bertz CT molecular complexity index is 550. The second kappa shape index (κ2) is 5.24. The SMILES string of the molecule is CCC1CCC(Nc2ccc3nc(C)[nH]c3c2)CC1. The first-order chi connectivity index (χ1) is 9.24. The molecule has 0 saturated heterocycles. The van der Waals surface area contributed by atoms with Gasteiger partial charge in [0.05, 0.1) is 11.0 Å². The molecule has 2 aromatic rings. The van der Waals surface area contributed by atoms with Gasteiger partial charge in [-0.05, 0) is 56.7 Å². The van der Waals surface area contributed by atoms with Crippen molar-refractivity contribution in [2.24, 2.45) is 5.92 Å². The van der Waals surface area contributed by atoms with Crippen LogP contribution < -0.4 is 5.32 Å². The van der Waals surface area contributed by atoms with Crippen molar-refractivity contribution in [3.05, 3.63) is 24.0 Å². The standard InChI is InChI=1S/C16H23N3/c1-3-12-4-6-13(7-5-12)19-14-8-9-15-16(10-14)18-11(2)17-15/h8-10,12-13,19H,3-7H2,1-2H3,(H,17,18). The van der Waals surface area contributed by atoms with Gasteiger partial charge in [-0.1, -0.05) is 13.3 Å². The molecule has 1 saturated carbocycles. The maximum atomic E-state index is 4.44. The Balaban J connectivity index is 1.68. The normalized spacial score (nSPS) is 23.7. The number of aromatic amines is 1. The molecule has 1 heterocycles. The molecule has 0 atom stereocenters. The highest BCUT2D eigenvalue weighted by Crippen LogP contribution is 2.29. The van der Waals surface area contributed by atoms with Gasteiger partial charge in [0, 0.05) is 11.7 Å². The number of fused-ring (bicyclic) bond motifs is 1. The van der Waals surface area contributed by atoms with E-state index in [2.05, 4.69) is 40.4 Å². The summed E-state index contributed by atoms with van der Waals surface area (Å²) in [6.45, 7) is 4.31. The zero-order chi connectivity index (χ0) is 13.2. The minimum Gasteiger partial charge on any atom is -0.382 e. The second-order valence-electron chi connectivity index (χ2n) is 5.82. The van der Waals surface area contributed by atoms with Gasteiger partial charge in [0.2, 0.25) is 0 Å². The number of anilines is 1. The number of imidazole rings is 1. The summed E-state index contributed by atoms with van der Waals surface area (Å²) >= 11 is 0. The lowest BCUT2D eigenvalue weighted by Crippen LogP contribution is -2.25. The molecule has 1 aromatic heterocycles. The fourth-order valence-corrected chi connectivity index (χ4v) is 3.18. The lowest BCUT2D eigenvalue weighted by molar-refractivity contribution is 0.330. The van der Waals surface area contributed by atoms with Gasteiger partial charge in [-0.15, -0.1) is 0 Å². The van der Waals surface area contributed by atoms with Gasteiger partial charge in [0.15, 0.2) is 0 Å². The average Bonchev–Trinajstić information content (AvgIpc) is 2.79. The number of H-pyrrole nitrogens is 1. The van der Waals surface area contributed by atoms with E-state index in [1.807, 2.05) is 6.92 Å². The van der Waals surface area contributed by atoms with Crippen molar-refractivity contribution in [3.63, 3.8) is 0 Å². The Kier molecular flexibility index (Phi) is 3.45. The molecule has 0 radical (unpaired) electrons. The number of hydrogen-bond acceptors (Lipinski definition) is 2. The van der Waals surface area contributed by atoms with Gasteiger partial charge in [-0.3, -0.25) is 0 Å². The second-order valence-corrected chi connectivity index (χ2v) is 5.82. The third kappa shape index (κ3) is 2.75. The van der Waals surface area contributed by atoms with Crippen molar-refractivity contribution in [2.45, 2.75) is 52.0 Å². The average molecular weight is 257 g/mol. The Hall–Kier alpha value is -1.51. The Morgan fingerprint density at radius 1 is 1.26 bits per heavy atom. The molecule has 102 valence electrons. The van der Waals surface area contributed by atoms with Crippen molar-refractivity contribution >= 4 is 16.7 Å². The van der Waals surface area contributed by atoms with Gasteiger partial charge in [0.25, 0.3) is 0 Å². The number of hydrogen-bond donors (Lipinski definition) is 2. The Labute approximate surface area is 114 Å². The topological polar surface area (TPSA) is 40.7 Å². The van der Waals surface area contributed by atoms with Gasteiger partial charge < -0.3 is 10.3 Å². The third-order valence-electron chi connectivity index (χ3n) is 4.40. The first kappa shape index (κ1) is 12.5. The van der Waals surface area contributed by atoms with E-state index in [0.29, 0.717) is 6.04 Å². The van der Waals surface area contributed by atoms with Gasteiger partial charge in [-0.2, -0.15) is 0 Å². The summed E-state index contributed by atoms with van der Waals surface area (Å²) in [7, 11) is 0. The van der Waals surface area contributed by atoms with E-state index in [4.69, 9.17) is 0 Å². The largest absolute Gasteiger partial charge is 0.382 e. The molecule has 3 rings (SSSR count). The molecule has 0 amide bonds. The van der Waals surface area contributed by atoms with Crippen LogP contribution in [0, 0.1) is 12.8 Å². The van der Waals surface area contributed by atoms with E-state index < -0.39 is 0 Å². The highest BCUT2D eigenvalue weighted by Gasteiger charge is 2.19. The molecule has 1 aliphatic carbocycles. The molecule has 1 fully saturated rings. The molecule has 0 unspecified atom stereocenters. The summed E-state index contributed by atoms with van der Waals surface area (Å²) in [5.41, 5.74) is 3.40. The fourth-order valence-electron chi connectivity index (χ4n) is 3.18.